The van der Waals surface area contributed by atoms with Gasteiger partial charge < -0.3 is 5.11 Å². The molecule has 0 atom stereocenters. The zero-order valence-electron chi connectivity index (χ0n) is 11.7. The number of aryl methyl sites for hydroxylation is 2. The number of halogens is 2. The van der Waals surface area contributed by atoms with Crippen LogP contribution >= 0.6 is 23.2 Å². The molecule has 0 saturated heterocycles. The van der Waals surface area contributed by atoms with Crippen molar-refractivity contribution in [2.75, 3.05) is 0 Å². The minimum atomic E-state index is -0.993. The summed E-state index contributed by atoms with van der Waals surface area (Å²) in [4.78, 5) is 11.6. The summed E-state index contributed by atoms with van der Waals surface area (Å²) < 4.78 is 0. The normalized spacial score (nSPS) is 11.5. The SMILES string of the molecule is Cc1ccc(/C(=C/c2ccc(Cl)cc2Cl)C(=O)O)c(C)c1. The fraction of sp³-hybridized carbons (Fsp3) is 0.118. The van der Waals surface area contributed by atoms with Crippen LogP contribution in [0.1, 0.15) is 22.3 Å². The number of benzene rings is 2. The monoisotopic (exact) mass is 320 g/mol. The number of aliphatic carboxylic acids is 1. The molecule has 2 aromatic carbocycles. The molecule has 0 heterocycles. The Balaban J connectivity index is 2.58. The van der Waals surface area contributed by atoms with E-state index in [1.54, 1.807) is 24.3 Å². The molecule has 0 aliphatic rings. The summed E-state index contributed by atoms with van der Waals surface area (Å²) in [5.41, 5.74) is 3.51. The maximum Gasteiger partial charge on any atom is 0.336 e. The first-order chi connectivity index (χ1) is 9.88. The van der Waals surface area contributed by atoms with Crippen LogP contribution in [0.3, 0.4) is 0 Å². The van der Waals surface area contributed by atoms with Crippen LogP contribution in [0.25, 0.3) is 11.6 Å². The lowest BCUT2D eigenvalue weighted by molar-refractivity contribution is -0.130. The highest BCUT2D eigenvalue weighted by Crippen LogP contribution is 2.27. The predicted molar refractivity (Wildman–Crippen MR) is 87.9 cm³/mol. The first-order valence-electron chi connectivity index (χ1n) is 6.36. The molecule has 0 aliphatic heterocycles. The summed E-state index contributed by atoms with van der Waals surface area (Å²) in [5.74, 6) is -0.993. The molecule has 0 unspecified atom stereocenters. The lowest BCUT2D eigenvalue weighted by Crippen LogP contribution is -2.02. The summed E-state index contributed by atoms with van der Waals surface area (Å²) in [6.45, 7) is 3.86. The molecular formula is C17H14Cl2O2. The van der Waals surface area contributed by atoms with Crippen LogP contribution in [0.5, 0.6) is 0 Å². The average molecular weight is 321 g/mol. The molecule has 0 bridgehead atoms. The number of rotatable bonds is 3. The molecule has 0 saturated carbocycles. The minimum absolute atomic E-state index is 0.205. The van der Waals surface area contributed by atoms with Gasteiger partial charge in [-0.3, -0.25) is 0 Å². The fourth-order valence-electron chi connectivity index (χ4n) is 2.14. The van der Waals surface area contributed by atoms with Crippen molar-refractivity contribution in [1.29, 1.82) is 0 Å². The van der Waals surface area contributed by atoms with Crippen molar-refractivity contribution in [3.63, 3.8) is 0 Å². The predicted octanol–water partition coefficient (Wildman–Crippen LogP) is 5.24. The van der Waals surface area contributed by atoms with Gasteiger partial charge in [-0.2, -0.15) is 0 Å². The van der Waals surface area contributed by atoms with E-state index < -0.39 is 5.97 Å². The Hall–Kier alpha value is -1.77. The standard InChI is InChI=1S/C17H14Cl2O2/c1-10-3-6-14(11(2)7-10)15(17(20)21)8-12-4-5-13(18)9-16(12)19/h3-9H,1-2H3,(H,20,21)/b15-8-. The van der Waals surface area contributed by atoms with Crippen molar-refractivity contribution in [3.05, 3.63) is 68.7 Å². The Kier molecular flexibility index (Phi) is 4.71. The van der Waals surface area contributed by atoms with Crippen LogP contribution < -0.4 is 0 Å². The number of carboxylic acid groups (broad SMARTS) is 1. The summed E-state index contributed by atoms with van der Waals surface area (Å²) in [7, 11) is 0. The van der Waals surface area contributed by atoms with Gasteiger partial charge in [0.2, 0.25) is 0 Å². The molecule has 0 aromatic heterocycles. The number of hydrogen-bond donors (Lipinski definition) is 1. The number of carboxylic acids is 1. The largest absolute Gasteiger partial charge is 0.478 e. The third-order valence-electron chi connectivity index (χ3n) is 3.16. The molecule has 0 fully saturated rings. The first kappa shape index (κ1) is 15.6. The first-order valence-corrected chi connectivity index (χ1v) is 7.12. The van der Waals surface area contributed by atoms with Gasteiger partial charge in [-0.1, -0.05) is 53.0 Å². The van der Waals surface area contributed by atoms with E-state index >= 15 is 0 Å². The molecule has 108 valence electrons. The van der Waals surface area contributed by atoms with Crippen LogP contribution in [-0.2, 0) is 4.79 Å². The minimum Gasteiger partial charge on any atom is -0.478 e. The lowest BCUT2D eigenvalue weighted by atomic mass is 9.97. The van der Waals surface area contributed by atoms with E-state index in [0.29, 0.717) is 21.2 Å². The van der Waals surface area contributed by atoms with E-state index in [1.807, 2.05) is 32.0 Å². The lowest BCUT2D eigenvalue weighted by Gasteiger charge is -2.09. The van der Waals surface area contributed by atoms with Crippen LogP contribution in [0, 0.1) is 13.8 Å². The molecule has 2 rings (SSSR count). The summed E-state index contributed by atoms with van der Waals surface area (Å²) in [6.07, 6.45) is 1.57. The third kappa shape index (κ3) is 3.66. The Morgan fingerprint density at radius 1 is 1.10 bits per heavy atom. The summed E-state index contributed by atoms with van der Waals surface area (Å²) >= 11 is 12.0. The Morgan fingerprint density at radius 2 is 1.81 bits per heavy atom. The van der Waals surface area contributed by atoms with Gasteiger partial charge in [0.1, 0.15) is 0 Å². The zero-order valence-corrected chi connectivity index (χ0v) is 13.2. The van der Waals surface area contributed by atoms with Gasteiger partial charge in [0.15, 0.2) is 0 Å². The molecule has 4 heteroatoms. The van der Waals surface area contributed by atoms with Crippen molar-refractivity contribution in [3.8, 4) is 0 Å². The maximum atomic E-state index is 11.6. The van der Waals surface area contributed by atoms with Crippen molar-refractivity contribution < 1.29 is 9.90 Å². The van der Waals surface area contributed by atoms with Gasteiger partial charge in [-0.05, 0) is 48.7 Å². The van der Waals surface area contributed by atoms with Crippen LogP contribution in [-0.4, -0.2) is 11.1 Å². The van der Waals surface area contributed by atoms with E-state index in [2.05, 4.69) is 0 Å². The molecular weight excluding hydrogens is 307 g/mol. The van der Waals surface area contributed by atoms with Gasteiger partial charge in [-0.15, -0.1) is 0 Å². The van der Waals surface area contributed by atoms with Crippen LogP contribution in [0.2, 0.25) is 10.0 Å². The van der Waals surface area contributed by atoms with E-state index in [0.717, 1.165) is 11.1 Å². The molecule has 2 nitrogen and oxygen atoms in total. The second-order valence-corrected chi connectivity index (χ2v) is 5.69. The number of hydrogen-bond acceptors (Lipinski definition) is 1. The van der Waals surface area contributed by atoms with Crippen LogP contribution in [0.15, 0.2) is 36.4 Å². The molecule has 21 heavy (non-hydrogen) atoms. The van der Waals surface area contributed by atoms with E-state index in [1.165, 1.54) is 0 Å². The van der Waals surface area contributed by atoms with Gasteiger partial charge in [0, 0.05) is 10.0 Å². The second-order valence-electron chi connectivity index (χ2n) is 4.85. The van der Waals surface area contributed by atoms with Crippen LogP contribution in [0.4, 0.5) is 0 Å². The highest BCUT2D eigenvalue weighted by atomic mass is 35.5. The van der Waals surface area contributed by atoms with E-state index in [-0.39, 0.29) is 5.57 Å². The Labute approximate surface area is 133 Å². The Bertz CT molecular complexity index is 734. The third-order valence-corrected chi connectivity index (χ3v) is 3.73. The van der Waals surface area contributed by atoms with Crippen molar-refractivity contribution in [2.24, 2.45) is 0 Å². The molecule has 0 radical (unpaired) electrons. The molecule has 2 aromatic rings. The number of carbonyl (C=O) groups is 1. The molecule has 0 aliphatic carbocycles. The molecule has 0 amide bonds. The average Bonchev–Trinajstić information content (AvgIpc) is 2.38. The molecule has 0 spiro atoms. The van der Waals surface area contributed by atoms with Gasteiger partial charge >= 0.3 is 5.97 Å². The molecule has 1 N–H and O–H groups in total. The highest BCUT2D eigenvalue weighted by molar-refractivity contribution is 6.36. The van der Waals surface area contributed by atoms with Gasteiger partial charge in [0.05, 0.1) is 5.57 Å². The summed E-state index contributed by atoms with van der Waals surface area (Å²) in [5, 5.41) is 10.4. The smallest absolute Gasteiger partial charge is 0.336 e. The summed E-state index contributed by atoms with van der Waals surface area (Å²) in [6, 6.07) is 10.6. The quantitative estimate of drug-likeness (QED) is 0.620. The van der Waals surface area contributed by atoms with Crippen molar-refractivity contribution in [1.82, 2.24) is 0 Å². The fourth-order valence-corrected chi connectivity index (χ4v) is 2.61. The maximum absolute atomic E-state index is 11.6. The van der Waals surface area contributed by atoms with Gasteiger partial charge in [-0.25, -0.2) is 4.79 Å². The van der Waals surface area contributed by atoms with E-state index in [9.17, 15) is 9.90 Å². The highest BCUT2D eigenvalue weighted by Gasteiger charge is 2.14. The Morgan fingerprint density at radius 3 is 2.38 bits per heavy atom. The van der Waals surface area contributed by atoms with Gasteiger partial charge in [0.25, 0.3) is 0 Å². The van der Waals surface area contributed by atoms with Crippen molar-refractivity contribution >= 4 is 40.8 Å². The zero-order chi connectivity index (χ0) is 15.6. The topological polar surface area (TPSA) is 37.3 Å². The van der Waals surface area contributed by atoms with E-state index in [4.69, 9.17) is 23.2 Å². The van der Waals surface area contributed by atoms with Crippen molar-refractivity contribution in [2.45, 2.75) is 13.8 Å². The second kappa shape index (κ2) is 6.33.